The topological polar surface area (TPSA) is 48.8 Å². The second-order valence-corrected chi connectivity index (χ2v) is 6.75. The van der Waals surface area contributed by atoms with Crippen LogP contribution < -0.4 is 10.9 Å². The van der Waals surface area contributed by atoms with Gasteiger partial charge in [-0.3, -0.25) is 0 Å². The third kappa shape index (κ3) is 3.82. The summed E-state index contributed by atoms with van der Waals surface area (Å²) < 4.78 is 0. The number of hydrogen-bond donors (Lipinski definition) is 2. The van der Waals surface area contributed by atoms with Crippen molar-refractivity contribution < 1.29 is 0 Å². The van der Waals surface area contributed by atoms with Crippen molar-refractivity contribution in [3.63, 3.8) is 0 Å². The highest BCUT2D eigenvalue weighted by molar-refractivity contribution is 6.30. The van der Waals surface area contributed by atoms with Crippen molar-refractivity contribution in [2.75, 3.05) is 17.9 Å². The SMILES string of the molecule is CN=Nc1ccc(NNc2ccc(-c3ccc(Cl)cc3)cc2)c2ccccc12. The molecule has 28 heavy (non-hydrogen) atoms. The molecule has 5 heteroatoms. The van der Waals surface area contributed by atoms with Gasteiger partial charge in [-0.1, -0.05) is 60.1 Å². The molecular formula is C23H19ClN4. The van der Waals surface area contributed by atoms with Gasteiger partial charge in [0.25, 0.3) is 0 Å². The highest BCUT2D eigenvalue weighted by atomic mass is 35.5. The van der Waals surface area contributed by atoms with Gasteiger partial charge in [0.05, 0.1) is 17.1 Å². The summed E-state index contributed by atoms with van der Waals surface area (Å²) in [6.07, 6.45) is 0. The van der Waals surface area contributed by atoms with E-state index in [1.165, 1.54) is 0 Å². The zero-order chi connectivity index (χ0) is 19.3. The lowest BCUT2D eigenvalue weighted by atomic mass is 10.1. The molecule has 0 fully saturated rings. The van der Waals surface area contributed by atoms with Gasteiger partial charge in [0.15, 0.2) is 0 Å². The Hall–Kier alpha value is -3.37. The third-order valence-electron chi connectivity index (χ3n) is 4.51. The van der Waals surface area contributed by atoms with Crippen LogP contribution in [0.3, 0.4) is 0 Å². The number of hydrogen-bond acceptors (Lipinski definition) is 4. The Morgan fingerprint density at radius 2 is 1.32 bits per heavy atom. The summed E-state index contributed by atoms with van der Waals surface area (Å²) in [5.41, 5.74) is 11.7. The molecule has 0 aliphatic rings. The largest absolute Gasteiger partial charge is 0.301 e. The number of nitrogens with one attached hydrogen (secondary N) is 2. The summed E-state index contributed by atoms with van der Waals surface area (Å²) in [7, 11) is 1.68. The summed E-state index contributed by atoms with van der Waals surface area (Å²) in [6.45, 7) is 0. The lowest BCUT2D eigenvalue weighted by Crippen LogP contribution is -2.08. The summed E-state index contributed by atoms with van der Waals surface area (Å²) in [4.78, 5) is 0. The molecule has 0 spiro atoms. The number of benzene rings is 4. The highest BCUT2D eigenvalue weighted by Gasteiger charge is 2.05. The Kier molecular flexibility index (Phi) is 5.22. The minimum Gasteiger partial charge on any atom is -0.301 e. The third-order valence-corrected chi connectivity index (χ3v) is 4.76. The lowest BCUT2D eigenvalue weighted by Gasteiger charge is -2.13. The van der Waals surface area contributed by atoms with Crippen molar-refractivity contribution in [1.82, 2.24) is 0 Å². The standard InChI is InChI=1S/C23H19ClN4/c1-25-27-22-14-15-23(21-5-3-2-4-20(21)22)28-26-19-12-8-17(9-13-19)16-6-10-18(24)11-7-16/h2-15,26,28H,1H3. The molecule has 0 bridgehead atoms. The maximum Gasteiger partial charge on any atom is 0.0932 e. The fraction of sp³-hybridized carbons (Fsp3) is 0.0435. The number of halogens is 1. The van der Waals surface area contributed by atoms with Crippen molar-refractivity contribution in [2.24, 2.45) is 10.2 Å². The first-order valence-electron chi connectivity index (χ1n) is 8.94. The zero-order valence-corrected chi connectivity index (χ0v) is 16.1. The van der Waals surface area contributed by atoms with Crippen molar-refractivity contribution >= 4 is 39.4 Å². The fourth-order valence-corrected chi connectivity index (χ4v) is 3.24. The number of azo groups is 1. The molecule has 0 atom stereocenters. The van der Waals surface area contributed by atoms with E-state index in [0.29, 0.717) is 0 Å². The lowest BCUT2D eigenvalue weighted by molar-refractivity contribution is 1.18. The van der Waals surface area contributed by atoms with Gasteiger partial charge in [-0.25, -0.2) is 0 Å². The van der Waals surface area contributed by atoms with E-state index < -0.39 is 0 Å². The number of anilines is 2. The Bertz CT molecular complexity index is 1120. The Morgan fingerprint density at radius 1 is 0.679 bits per heavy atom. The smallest absolute Gasteiger partial charge is 0.0932 e. The van der Waals surface area contributed by atoms with Crippen LogP contribution in [0.2, 0.25) is 5.02 Å². The second kappa shape index (κ2) is 8.11. The minimum absolute atomic E-state index is 0.741. The average Bonchev–Trinajstić information content (AvgIpc) is 2.74. The Morgan fingerprint density at radius 3 is 2.00 bits per heavy atom. The normalized spacial score (nSPS) is 11.1. The number of rotatable bonds is 5. The number of fused-ring (bicyclic) bond motifs is 1. The van der Waals surface area contributed by atoms with Crippen LogP contribution in [-0.2, 0) is 0 Å². The van der Waals surface area contributed by atoms with E-state index in [1.807, 2.05) is 66.7 Å². The molecule has 0 aliphatic heterocycles. The van der Waals surface area contributed by atoms with Crippen molar-refractivity contribution in [3.8, 4) is 11.1 Å². The maximum atomic E-state index is 5.96. The molecule has 0 amide bonds. The molecule has 4 nitrogen and oxygen atoms in total. The molecule has 0 aliphatic carbocycles. The molecule has 0 aromatic heterocycles. The van der Waals surface area contributed by atoms with Gasteiger partial charge in [-0.15, -0.1) is 0 Å². The summed E-state index contributed by atoms with van der Waals surface area (Å²) >= 11 is 5.96. The van der Waals surface area contributed by atoms with Gasteiger partial charge in [0.2, 0.25) is 0 Å². The first-order valence-corrected chi connectivity index (χ1v) is 9.32. The molecule has 0 unspecified atom stereocenters. The zero-order valence-electron chi connectivity index (χ0n) is 15.4. The van der Waals surface area contributed by atoms with Crippen LogP contribution >= 0.6 is 11.6 Å². The minimum atomic E-state index is 0.741. The van der Waals surface area contributed by atoms with Crippen LogP contribution in [0.5, 0.6) is 0 Å². The quantitative estimate of drug-likeness (QED) is 0.279. The number of nitrogens with zero attached hydrogens (tertiary/aromatic N) is 2. The van der Waals surface area contributed by atoms with E-state index in [4.69, 9.17) is 11.6 Å². The predicted octanol–water partition coefficient (Wildman–Crippen LogP) is 7.31. The van der Waals surface area contributed by atoms with E-state index in [1.54, 1.807) is 7.05 Å². The first kappa shape index (κ1) is 18.0. The van der Waals surface area contributed by atoms with Gasteiger partial charge in [0, 0.05) is 22.8 Å². The maximum absolute atomic E-state index is 5.96. The molecule has 2 N–H and O–H groups in total. The Labute approximate surface area is 168 Å². The summed E-state index contributed by atoms with van der Waals surface area (Å²) in [5.74, 6) is 0. The van der Waals surface area contributed by atoms with Crippen LogP contribution in [0.25, 0.3) is 21.9 Å². The van der Waals surface area contributed by atoms with E-state index in [2.05, 4.69) is 39.3 Å². The Balaban J connectivity index is 1.53. The van der Waals surface area contributed by atoms with Crippen LogP contribution in [0, 0.1) is 0 Å². The van der Waals surface area contributed by atoms with Gasteiger partial charge in [-0.05, 0) is 47.5 Å². The molecule has 0 heterocycles. The van der Waals surface area contributed by atoms with Gasteiger partial charge < -0.3 is 10.9 Å². The molecule has 4 rings (SSSR count). The molecular weight excluding hydrogens is 368 g/mol. The summed E-state index contributed by atoms with van der Waals surface area (Å²) in [6, 6.07) is 28.2. The van der Waals surface area contributed by atoms with Crippen LogP contribution in [0.4, 0.5) is 17.1 Å². The molecule has 4 aromatic rings. The van der Waals surface area contributed by atoms with Gasteiger partial charge in [-0.2, -0.15) is 10.2 Å². The fourth-order valence-electron chi connectivity index (χ4n) is 3.11. The molecule has 0 saturated carbocycles. The average molecular weight is 387 g/mol. The van der Waals surface area contributed by atoms with Crippen molar-refractivity contribution in [1.29, 1.82) is 0 Å². The molecule has 4 aromatic carbocycles. The van der Waals surface area contributed by atoms with Gasteiger partial charge in [0.1, 0.15) is 0 Å². The number of hydrazine groups is 1. The van der Waals surface area contributed by atoms with Crippen molar-refractivity contribution in [3.05, 3.63) is 90.0 Å². The van der Waals surface area contributed by atoms with Crippen LogP contribution in [-0.4, -0.2) is 7.05 Å². The van der Waals surface area contributed by atoms with Crippen molar-refractivity contribution in [2.45, 2.75) is 0 Å². The van der Waals surface area contributed by atoms with Crippen LogP contribution in [0.1, 0.15) is 0 Å². The molecule has 138 valence electrons. The van der Waals surface area contributed by atoms with E-state index >= 15 is 0 Å². The second-order valence-electron chi connectivity index (χ2n) is 6.31. The molecule has 0 radical (unpaired) electrons. The first-order chi connectivity index (χ1) is 13.7. The predicted molar refractivity (Wildman–Crippen MR) is 119 cm³/mol. The molecule has 0 saturated heterocycles. The van der Waals surface area contributed by atoms with E-state index in [-0.39, 0.29) is 0 Å². The van der Waals surface area contributed by atoms with E-state index in [9.17, 15) is 0 Å². The van der Waals surface area contributed by atoms with Gasteiger partial charge >= 0.3 is 0 Å². The summed E-state index contributed by atoms with van der Waals surface area (Å²) in [5, 5.41) is 11.0. The van der Waals surface area contributed by atoms with Crippen LogP contribution in [0.15, 0.2) is 95.2 Å². The monoisotopic (exact) mass is 386 g/mol. The highest BCUT2D eigenvalue weighted by Crippen LogP contribution is 2.32. The van der Waals surface area contributed by atoms with E-state index in [0.717, 1.165) is 44.0 Å².